The maximum absolute atomic E-state index is 14.0. The van der Waals surface area contributed by atoms with E-state index in [1.54, 1.807) is 26.0 Å². The Kier molecular flexibility index (Phi) is 17.6. The van der Waals surface area contributed by atoms with Gasteiger partial charge < -0.3 is 34.8 Å². The third-order valence-corrected chi connectivity index (χ3v) is 9.66. The summed E-state index contributed by atoms with van der Waals surface area (Å²) in [7, 11) is 8.85. The molecular weight excluding hydrogens is 610 g/mol. The second kappa shape index (κ2) is 20.5. The first-order chi connectivity index (χ1) is 22.7. The van der Waals surface area contributed by atoms with E-state index >= 15 is 0 Å². The van der Waals surface area contributed by atoms with Crippen LogP contribution in [0.1, 0.15) is 72.3 Å². The predicted molar refractivity (Wildman–Crippen MR) is 189 cm³/mol. The SMILES string of the molecule is CCC(C)C(C(CC(=O)N1CCCC1C(OC)C(C)C(=O)NC(Cc1ccccc1)C(=O)NCCN(C)C)OC)N(C)C(=O)CC(C)C. The lowest BCUT2D eigenvalue weighted by molar-refractivity contribution is -0.146. The first kappa shape index (κ1) is 41.2. The average molecular weight is 674 g/mol. The fourth-order valence-corrected chi connectivity index (χ4v) is 6.71. The van der Waals surface area contributed by atoms with Crippen molar-refractivity contribution in [3.63, 3.8) is 0 Å². The Hall–Kier alpha value is -3.02. The predicted octanol–water partition coefficient (Wildman–Crippen LogP) is 3.36. The molecule has 0 aromatic heterocycles. The monoisotopic (exact) mass is 673 g/mol. The summed E-state index contributed by atoms with van der Waals surface area (Å²) in [6.07, 6.45) is 2.15. The molecule has 0 bridgehead atoms. The summed E-state index contributed by atoms with van der Waals surface area (Å²) in [6.45, 7) is 11.7. The zero-order valence-electron chi connectivity index (χ0n) is 31.2. The minimum absolute atomic E-state index is 0.0417. The van der Waals surface area contributed by atoms with Crippen molar-refractivity contribution < 1.29 is 28.7 Å². The minimum atomic E-state index is -0.765. The number of hydrogen-bond acceptors (Lipinski definition) is 7. The fraction of sp³-hybridized carbons (Fsp3) is 0.730. The molecular formula is C37H63N5O6. The topological polar surface area (TPSA) is 121 Å². The van der Waals surface area contributed by atoms with E-state index in [2.05, 4.69) is 24.5 Å². The van der Waals surface area contributed by atoms with E-state index in [0.717, 1.165) is 18.4 Å². The van der Waals surface area contributed by atoms with Crippen molar-refractivity contribution in [2.24, 2.45) is 17.8 Å². The Morgan fingerprint density at radius 3 is 2.19 bits per heavy atom. The van der Waals surface area contributed by atoms with Gasteiger partial charge in [-0.15, -0.1) is 0 Å². The average Bonchev–Trinajstić information content (AvgIpc) is 3.53. The zero-order chi connectivity index (χ0) is 36.0. The quantitative estimate of drug-likeness (QED) is 0.218. The Labute approximate surface area is 289 Å². The highest BCUT2D eigenvalue weighted by Crippen LogP contribution is 2.29. The third kappa shape index (κ3) is 12.1. The van der Waals surface area contributed by atoms with Gasteiger partial charge in [0, 0.05) is 53.7 Å². The molecule has 1 aliphatic heterocycles. The normalized spacial score (nSPS) is 18.6. The van der Waals surface area contributed by atoms with Crippen molar-refractivity contribution in [2.45, 2.75) is 103 Å². The molecule has 2 rings (SSSR count). The maximum atomic E-state index is 14.0. The van der Waals surface area contributed by atoms with Crippen LogP contribution in [0.3, 0.4) is 0 Å². The molecule has 0 spiro atoms. The van der Waals surface area contributed by atoms with Crippen LogP contribution in [0.25, 0.3) is 0 Å². The van der Waals surface area contributed by atoms with Crippen molar-refractivity contribution >= 4 is 23.6 Å². The number of hydrogen-bond donors (Lipinski definition) is 2. The van der Waals surface area contributed by atoms with Crippen LogP contribution in [-0.2, 0) is 35.1 Å². The Morgan fingerprint density at radius 2 is 1.62 bits per heavy atom. The van der Waals surface area contributed by atoms with E-state index < -0.39 is 24.2 Å². The number of ether oxygens (including phenoxy) is 2. The Bertz CT molecular complexity index is 1150. The number of likely N-dealkylation sites (tertiary alicyclic amines) is 1. The molecule has 272 valence electrons. The highest BCUT2D eigenvalue weighted by atomic mass is 16.5. The van der Waals surface area contributed by atoms with Gasteiger partial charge in [-0.3, -0.25) is 19.2 Å². The molecule has 48 heavy (non-hydrogen) atoms. The Morgan fingerprint density at radius 1 is 0.958 bits per heavy atom. The van der Waals surface area contributed by atoms with Gasteiger partial charge in [-0.25, -0.2) is 0 Å². The molecule has 7 unspecified atom stereocenters. The van der Waals surface area contributed by atoms with Crippen LogP contribution in [0.4, 0.5) is 0 Å². The van der Waals surface area contributed by atoms with Crippen LogP contribution in [0.2, 0.25) is 0 Å². The van der Waals surface area contributed by atoms with Crippen LogP contribution in [0.15, 0.2) is 30.3 Å². The minimum Gasteiger partial charge on any atom is -0.379 e. The van der Waals surface area contributed by atoms with Gasteiger partial charge >= 0.3 is 0 Å². The van der Waals surface area contributed by atoms with Crippen molar-refractivity contribution in [3.05, 3.63) is 35.9 Å². The number of likely N-dealkylation sites (N-methyl/N-ethyl adjacent to an activating group) is 2. The molecule has 7 atom stereocenters. The van der Waals surface area contributed by atoms with Gasteiger partial charge in [0.1, 0.15) is 6.04 Å². The van der Waals surface area contributed by atoms with Gasteiger partial charge in [0.15, 0.2) is 0 Å². The third-order valence-electron chi connectivity index (χ3n) is 9.66. The second-order valence-electron chi connectivity index (χ2n) is 14.1. The maximum Gasteiger partial charge on any atom is 0.242 e. The highest BCUT2D eigenvalue weighted by Gasteiger charge is 2.42. The van der Waals surface area contributed by atoms with Gasteiger partial charge in [-0.1, -0.05) is 71.4 Å². The highest BCUT2D eigenvalue weighted by molar-refractivity contribution is 5.89. The standard InChI is InChI=1S/C37H63N5O6/c1-11-26(4)34(41(8)32(43)22-25(2)3)31(47-9)24-33(44)42-20-15-18-30(42)35(48-10)27(5)36(45)39-29(23-28-16-13-12-14-17-28)37(46)38-19-21-40(6)7/h12-14,16-17,25-27,29-31,34-35H,11,15,18-24H2,1-10H3,(H,38,46)(H,39,45). The first-order valence-corrected chi connectivity index (χ1v) is 17.6. The van der Waals surface area contributed by atoms with E-state index in [-0.39, 0.29) is 54.0 Å². The van der Waals surface area contributed by atoms with Gasteiger partial charge in [-0.2, -0.15) is 0 Å². The lowest BCUT2D eigenvalue weighted by Crippen LogP contribution is -2.55. The number of nitrogens with one attached hydrogen (secondary N) is 2. The summed E-state index contributed by atoms with van der Waals surface area (Å²) in [5.74, 6) is -0.876. The second-order valence-corrected chi connectivity index (χ2v) is 14.1. The van der Waals surface area contributed by atoms with Crippen LogP contribution in [0.5, 0.6) is 0 Å². The number of amides is 4. The van der Waals surface area contributed by atoms with Crippen molar-refractivity contribution in [2.75, 3.05) is 55.0 Å². The summed E-state index contributed by atoms with van der Waals surface area (Å²) in [6, 6.07) is 8.27. The van der Waals surface area contributed by atoms with Gasteiger partial charge in [0.2, 0.25) is 23.6 Å². The Balaban J connectivity index is 2.21. The molecule has 1 aliphatic rings. The number of methoxy groups -OCH3 is 2. The summed E-state index contributed by atoms with van der Waals surface area (Å²) >= 11 is 0. The largest absolute Gasteiger partial charge is 0.379 e. The molecule has 1 saturated heterocycles. The molecule has 0 aliphatic carbocycles. The van der Waals surface area contributed by atoms with E-state index in [1.807, 2.05) is 75.1 Å². The lowest BCUT2D eigenvalue weighted by atomic mass is 9.90. The van der Waals surface area contributed by atoms with E-state index in [0.29, 0.717) is 38.9 Å². The van der Waals surface area contributed by atoms with E-state index in [4.69, 9.17) is 9.47 Å². The number of nitrogens with zero attached hydrogens (tertiary/aromatic N) is 3. The van der Waals surface area contributed by atoms with Crippen LogP contribution in [0, 0.1) is 17.8 Å². The number of benzene rings is 1. The molecule has 1 heterocycles. The molecule has 11 heteroatoms. The molecule has 1 aromatic carbocycles. The number of carbonyl (C=O) groups excluding carboxylic acids is 4. The first-order valence-electron chi connectivity index (χ1n) is 17.6. The fourth-order valence-electron chi connectivity index (χ4n) is 6.71. The number of carbonyl (C=O) groups is 4. The molecule has 1 fully saturated rings. The smallest absolute Gasteiger partial charge is 0.242 e. The zero-order valence-corrected chi connectivity index (χ0v) is 31.2. The summed E-state index contributed by atoms with van der Waals surface area (Å²) < 4.78 is 11.9. The van der Waals surface area contributed by atoms with Crippen molar-refractivity contribution in [3.8, 4) is 0 Å². The summed E-state index contributed by atoms with van der Waals surface area (Å²) in [5.41, 5.74) is 0.939. The van der Waals surface area contributed by atoms with E-state index in [1.165, 1.54) is 0 Å². The van der Waals surface area contributed by atoms with Crippen molar-refractivity contribution in [1.29, 1.82) is 0 Å². The van der Waals surface area contributed by atoms with Crippen LogP contribution < -0.4 is 10.6 Å². The molecule has 11 nitrogen and oxygen atoms in total. The van der Waals surface area contributed by atoms with Crippen molar-refractivity contribution in [1.82, 2.24) is 25.3 Å². The van der Waals surface area contributed by atoms with Gasteiger partial charge in [-0.05, 0) is 44.3 Å². The van der Waals surface area contributed by atoms with Crippen LogP contribution in [-0.4, -0.2) is 124 Å². The van der Waals surface area contributed by atoms with Crippen LogP contribution >= 0.6 is 0 Å². The molecule has 0 radical (unpaired) electrons. The van der Waals surface area contributed by atoms with Gasteiger partial charge in [0.05, 0.1) is 36.6 Å². The number of rotatable bonds is 20. The lowest BCUT2D eigenvalue weighted by Gasteiger charge is -2.39. The summed E-state index contributed by atoms with van der Waals surface area (Å²) in [5, 5.41) is 5.94. The van der Waals surface area contributed by atoms with E-state index in [9.17, 15) is 19.2 Å². The molecule has 1 aromatic rings. The molecule has 2 N–H and O–H groups in total. The van der Waals surface area contributed by atoms with Gasteiger partial charge in [0.25, 0.3) is 0 Å². The molecule has 0 saturated carbocycles. The molecule has 4 amide bonds. The summed E-state index contributed by atoms with van der Waals surface area (Å²) in [4.78, 5) is 59.7.